The van der Waals surface area contributed by atoms with Gasteiger partial charge in [-0.2, -0.15) is 0 Å². The Hall–Kier alpha value is -3.96. The number of ether oxygens (including phenoxy) is 6. The lowest BCUT2D eigenvalue weighted by Crippen LogP contribution is -2.22. The van der Waals surface area contributed by atoms with E-state index in [1.165, 1.54) is 6.92 Å². The highest BCUT2D eigenvalue weighted by Gasteiger charge is 2.14. The summed E-state index contributed by atoms with van der Waals surface area (Å²) in [7, 11) is 0. The maximum atomic E-state index is 11.4. The smallest absolute Gasteiger partial charge is 0.333 e. The van der Waals surface area contributed by atoms with E-state index < -0.39 is 24.0 Å². The van der Waals surface area contributed by atoms with E-state index in [0.717, 1.165) is 12.2 Å². The second kappa shape index (κ2) is 15.8. The molecule has 0 bridgehead atoms. The molecule has 1 aromatic heterocycles. The predicted octanol–water partition coefficient (Wildman–Crippen LogP) is 1.75. The number of hydrogen-bond donors (Lipinski definition) is 0. The number of carbonyl (C=O) groups is 3. The molecule has 0 amide bonds. The zero-order valence-corrected chi connectivity index (χ0v) is 19.3. The van der Waals surface area contributed by atoms with Crippen LogP contribution in [-0.4, -0.2) is 72.0 Å². The predicted molar refractivity (Wildman–Crippen MR) is 118 cm³/mol. The van der Waals surface area contributed by atoms with Gasteiger partial charge in [0, 0.05) is 17.7 Å². The van der Waals surface area contributed by atoms with E-state index in [-0.39, 0.29) is 56.6 Å². The molecule has 0 aromatic carbocycles. The van der Waals surface area contributed by atoms with E-state index in [1.807, 2.05) is 0 Å². The average Bonchev–Trinajstić information content (AvgIpc) is 2.82. The van der Waals surface area contributed by atoms with Gasteiger partial charge in [-0.05, 0) is 26.7 Å². The molecule has 0 aliphatic carbocycles. The van der Waals surface area contributed by atoms with E-state index >= 15 is 0 Å². The molecule has 1 heterocycles. The standard InChI is InChI=1S/C22H29N3O9/c1-6-17(26)29-10-8-9-11-31-20-23-21(32-13-12-30-19(28)15(3)4)25-22(24-20)33-14-16(5)34-18(27)7-2/h6-7,16H,1-3,8-14H2,4-5H3. The molecular weight excluding hydrogens is 450 g/mol. The van der Waals surface area contributed by atoms with E-state index in [4.69, 9.17) is 28.4 Å². The van der Waals surface area contributed by atoms with Crippen molar-refractivity contribution in [2.24, 2.45) is 0 Å². The average molecular weight is 479 g/mol. The fourth-order valence-electron chi connectivity index (χ4n) is 1.98. The number of hydrogen-bond acceptors (Lipinski definition) is 12. The number of unbranched alkanes of at least 4 members (excludes halogenated alkanes) is 1. The summed E-state index contributed by atoms with van der Waals surface area (Å²) >= 11 is 0. The quantitative estimate of drug-likeness (QED) is 0.139. The summed E-state index contributed by atoms with van der Waals surface area (Å²) in [5.74, 6) is -1.64. The first-order valence-corrected chi connectivity index (χ1v) is 10.3. The Kier molecular flexibility index (Phi) is 13.0. The molecule has 0 aliphatic heterocycles. The van der Waals surface area contributed by atoms with Crippen molar-refractivity contribution in [1.82, 2.24) is 15.0 Å². The van der Waals surface area contributed by atoms with Gasteiger partial charge in [0.1, 0.15) is 25.9 Å². The molecule has 0 aliphatic rings. The Bertz CT molecular complexity index is 873. The van der Waals surface area contributed by atoms with Gasteiger partial charge < -0.3 is 28.4 Å². The molecule has 1 aromatic rings. The van der Waals surface area contributed by atoms with Gasteiger partial charge in [0.15, 0.2) is 0 Å². The number of carbonyl (C=O) groups excluding carboxylic acids is 3. The topological polar surface area (TPSA) is 145 Å². The van der Waals surface area contributed by atoms with Crippen molar-refractivity contribution in [3.05, 3.63) is 37.5 Å². The molecule has 0 radical (unpaired) electrons. The molecule has 1 unspecified atom stereocenters. The van der Waals surface area contributed by atoms with Gasteiger partial charge in [0.2, 0.25) is 0 Å². The molecule has 0 fully saturated rings. The Morgan fingerprint density at radius 1 is 0.824 bits per heavy atom. The van der Waals surface area contributed by atoms with Crippen molar-refractivity contribution in [3.63, 3.8) is 0 Å². The lowest BCUT2D eigenvalue weighted by molar-refractivity contribution is -0.143. The molecular formula is C22H29N3O9. The van der Waals surface area contributed by atoms with Crippen LogP contribution >= 0.6 is 0 Å². The molecule has 1 atom stereocenters. The summed E-state index contributed by atoms with van der Waals surface area (Å²) in [5, 5.41) is 0. The van der Waals surface area contributed by atoms with Crippen molar-refractivity contribution >= 4 is 17.9 Å². The van der Waals surface area contributed by atoms with Crippen LogP contribution in [0.3, 0.4) is 0 Å². The van der Waals surface area contributed by atoms with Crippen molar-refractivity contribution in [2.75, 3.05) is 33.0 Å². The van der Waals surface area contributed by atoms with Crippen LogP contribution in [0, 0.1) is 0 Å². The van der Waals surface area contributed by atoms with Crippen LogP contribution < -0.4 is 14.2 Å². The summed E-state index contributed by atoms with van der Waals surface area (Å²) < 4.78 is 31.2. The van der Waals surface area contributed by atoms with Crippen molar-refractivity contribution in [2.45, 2.75) is 32.8 Å². The van der Waals surface area contributed by atoms with Crippen LogP contribution in [0.4, 0.5) is 0 Å². The maximum Gasteiger partial charge on any atom is 0.333 e. The maximum absolute atomic E-state index is 11.4. The van der Waals surface area contributed by atoms with Crippen LogP contribution in [0.2, 0.25) is 0 Å². The summed E-state index contributed by atoms with van der Waals surface area (Å²) in [4.78, 5) is 45.8. The van der Waals surface area contributed by atoms with E-state index in [0.29, 0.717) is 12.8 Å². The Labute approximate surface area is 197 Å². The third-order valence-electron chi connectivity index (χ3n) is 3.58. The first-order chi connectivity index (χ1) is 16.2. The van der Waals surface area contributed by atoms with Crippen molar-refractivity contribution in [1.29, 1.82) is 0 Å². The highest BCUT2D eigenvalue weighted by molar-refractivity contribution is 5.86. The zero-order chi connectivity index (χ0) is 25.3. The number of esters is 3. The van der Waals surface area contributed by atoms with Gasteiger partial charge in [-0.1, -0.05) is 19.7 Å². The molecule has 0 N–H and O–H groups in total. The van der Waals surface area contributed by atoms with Crippen LogP contribution in [0.25, 0.3) is 0 Å². The molecule has 12 nitrogen and oxygen atoms in total. The van der Waals surface area contributed by atoms with E-state index in [2.05, 4.69) is 34.7 Å². The minimum Gasteiger partial charge on any atom is -0.463 e. The highest BCUT2D eigenvalue weighted by Crippen LogP contribution is 2.15. The highest BCUT2D eigenvalue weighted by atomic mass is 16.6. The van der Waals surface area contributed by atoms with Gasteiger partial charge >= 0.3 is 35.9 Å². The lowest BCUT2D eigenvalue weighted by atomic mass is 10.3. The molecule has 0 saturated carbocycles. The van der Waals surface area contributed by atoms with Gasteiger partial charge in [0.25, 0.3) is 0 Å². The van der Waals surface area contributed by atoms with Crippen LogP contribution in [0.1, 0.15) is 26.7 Å². The first-order valence-electron chi connectivity index (χ1n) is 10.3. The number of aromatic nitrogens is 3. The third kappa shape index (κ3) is 12.2. The monoisotopic (exact) mass is 479 g/mol. The molecule has 34 heavy (non-hydrogen) atoms. The molecule has 12 heteroatoms. The summed E-state index contributed by atoms with van der Waals surface area (Å²) in [6.45, 7) is 13.6. The second-order valence-electron chi connectivity index (χ2n) is 6.64. The largest absolute Gasteiger partial charge is 0.463 e. The van der Waals surface area contributed by atoms with Crippen LogP contribution in [0.15, 0.2) is 37.5 Å². The Morgan fingerprint density at radius 2 is 1.38 bits per heavy atom. The number of nitrogens with zero attached hydrogens (tertiary/aromatic N) is 3. The molecule has 1 rings (SSSR count). The Morgan fingerprint density at radius 3 is 1.97 bits per heavy atom. The fourth-order valence-corrected chi connectivity index (χ4v) is 1.98. The molecule has 0 saturated heterocycles. The number of rotatable bonds is 17. The summed E-state index contributed by atoms with van der Waals surface area (Å²) in [6, 6.07) is -0.319. The second-order valence-corrected chi connectivity index (χ2v) is 6.64. The lowest BCUT2D eigenvalue weighted by Gasteiger charge is -2.13. The van der Waals surface area contributed by atoms with Gasteiger partial charge in [-0.15, -0.1) is 15.0 Å². The van der Waals surface area contributed by atoms with Gasteiger partial charge in [-0.25, -0.2) is 14.4 Å². The minimum atomic E-state index is -0.601. The first kappa shape index (κ1) is 28.1. The van der Waals surface area contributed by atoms with E-state index in [1.54, 1.807) is 6.92 Å². The van der Waals surface area contributed by atoms with Crippen LogP contribution in [0.5, 0.6) is 18.0 Å². The third-order valence-corrected chi connectivity index (χ3v) is 3.58. The van der Waals surface area contributed by atoms with Gasteiger partial charge in [0.05, 0.1) is 13.2 Å². The summed E-state index contributed by atoms with van der Waals surface area (Å²) in [5.41, 5.74) is 0.261. The zero-order valence-electron chi connectivity index (χ0n) is 19.3. The van der Waals surface area contributed by atoms with Crippen LogP contribution in [-0.2, 0) is 28.6 Å². The van der Waals surface area contributed by atoms with Gasteiger partial charge in [-0.3, -0.25) is 0 Å². The summed E-state index contributed by atoms with van der Waals surface area (Å²) in [6.07, 6.45) is 2.63. The minimum absolute atomic E-state index is 0.0378. The van der Waals surface area contributed by atoms with Crippen molar-refractivity contribution in [3.8, 4) is 18.0 Å². The normalized spacial score (nSPS) is 10.9. The SMILES string of the molecule is C=CC(=O)OCCCCOc1nc(OCCOC(=O)C(=C)C)nc(OCC(C)OC(=O)C=C)n1. The Balaban J connectivity index is 2.67. The van der Waals surface area contributed by atoms with E-state index in [9.17, 15) is 14.4 Å². The van der Waals surface area contributed by atoms with Crippen molar-refractivity contribution < 1.29 is 42.8 Å². The molecule has 186 valence electrons. The molecule has 0 spiro atoms. The fraction of sp³-hybridized carbons (Fsp3) is 0.455.